The van der Waals surface area contributed by atoms with Gasteiger partial charge in [-0.25, -0.2) is 4.98 Å². The summed E-state index contributed by atoms with van der Waals surface area (Å²) in [6, 6.07) is 7.97. The Bertz CT molecular complexity index is 468. The van der Waals surface area contributed by atoms with Crippen LogP contribution in [0.2, 0.25) is 0 Å². The number of hydrogen-bond acceptors (Lipinski definition) is 3. The zero-order valence-corrected chi connectivity index (χ0v) is 10.6. The second-order valence-electron chi connectivity index (χ2n) is 3.39. The molecule has 1 N–H and O–H groups in total. The maximum atomic E-state index is 5.45. The van der Waals surface area contributed by atoms with Crippen molar-refractivity contribution in [3.8, 4) is 11.3 Å². The lowest BCUT2D eigenvalue weighted by Gasteiger charge is -2.03. The van der Waals surface area contributed by atoms with E-state index in [2.05, 4.69) is 33.2 Å². The van der Waals surface area contributed by atoms with Gasteiger partial charge in [0, 0.05) is 16.6 Å². The first kappa shape index (κ1) is 11.4. The van der Waals surface area contributed by atoms with Crippen LogP contribution in [0.15, 0.2) is 39.5 Å². The minimum absolute atomic E-state index is 0.726. The fourth-order valence-electron chi connectivity index (χ4n) is 1.50. The van der Waals surface area contributed by atoms with Gasteiger partial charge in [-0.1, -0.05) is 41.1 Å². The van der Waals surface area contributed by atoms with E-state index in [1.165, 1.54) is 6.39 Å². The largest absolute Gasteiger partial charge is 0.443 e. The molecular weight excluding hydrogens is 268 g/mol. The number of oxazole rings is 1. The Balaban J connectivity index is 2.33. The van der Waals surface area contributed by atoms with E-state index in [-0.39, 0.29) is 0 Å². The molecule has 0 aliphatic rings. The molecule has 0 saturated heterocycles. The van der Waals surface area contributed by atoms with Crippen molar-refractivity contribution in [2.75, 3.05) is 6.54 Å². The summed E-state index contributed by atoms with van der Waals surface area (Å²) in [6.07, 6.45) is 1.49. The average molecular weight is 281 g/mol. The summed E-state index contributed by atoms with van der Waals surface area (Å²) in [4.78, 5) is 4.22. The first-order valence-corrected chi connectivity index (χ1v) is 6.00. The maximum absolute atomic E-state index is 5.45. The van der Waals surface area contributed by atoms with Gasteiger partial charge < -0.3 is 9.73 Å². The Morgan fingerprint density at radius 2 is 2.19 bits per heavy atom. The second-order valence-corrected chi connectivity index (χ2v) is 4.24. The summed E-state index contributed by atoms with van der Waals surface area (Å²) in [5, 5.41) is 3.24. The highest BCUT2D eigenvalue weighted by atomic mass is 79.9. The lowest BCUT2D eigenvalue weighted by Crippen LogP contribution is -2.12. The molecule has 0 radical (unpaired) electrons. The molecule has 3 nitrogen and oxygen atoms in total. The predicted molar refractivity (Wildman–Crippen MR) is 67.0 cm³/mol. The molecule has 4 heteroatoms. The van der Waals surface area contributed by atoms with Crippen molar-refractivity contribution in [3.63, 3.8) is 0 Å². The average Bonchev–Trinajstić information content (AvgIpc) is 2.75. The molecule has 0 aliphatic carbocycles. The topological polar surface area (TPSA) is 38.1 Å². The van der Waals surface area contributed by atoms with E-state index in [9.17, 15) is 0 Å². The van der Waals surface area contributed by atoms with Crippen LogP contribution < -0.4 is 5.32 Å². The van der Waals surface area contributed by atoms with E-state index in [1.807, 2.05) is 24.3 Å². The molecule has 1 aromatic carbocycles. The van der Waals surface area contributed by atoms with Crippen molar-refractivity contribution in [3.05, 3.63) is 40.8 Å². The Labute approximate surface area is 103 Å². The lowest BCUT2D eigenvalue weighted by molar-refractivity contribution is 0.569. The van der Waals surface area contributed by atoms with Gasteiger partial charge >= 0.3 is 0 Å². The van der Waals surface area contributed by atoms with E-state index in [0.717, 1.165) is 34.6 Å². The minimum atomic E-state index is 0.726. The van der Waals surface area contributed by atoms with Crippen LogP contribution in [0.1, 0.15) is 12.6 Å². The highest BCUT2D eigenvalue weighted by molar-refractivity contribution is 9.10. The standard InChI is InChI=1S/C12H13BrN2O/c1-2-14-7-11-12(16-8-15-11)9-5-3-4-6-10(9)13/h3-6,8,14H,2,7H2,1H3. The lowest BCUT2D eigenvalue weighted by atomic mass is 10.1. The molecule has 0 saturated carbocycles. The molecule has 84 valence electrons. The van der Waals surface area contributed by atoms with Crippen molar-refractivity contribution in [2.24, 2.45) is 0 Å². The van der Waals surface area contributed by atoms with Gasteiger partial charge in [-0.2, -0.15) is 0 Å². The van der Waals surface area contributed by atoms with Crippen molar-refractivity contribution in [1.82, 2.24) is 10.3 Å². The summed E-state index contributed by atoms with van der Waals surface area (Å²) < 4.78 is 6.47. The molecule has 0 unspecified atom stereocenters. The summed E-state index contributed by atoms with van der Waals surface area (Å²) in [6.45, 7) is 3.71. The third-order valence-corrected chi connectivity index (χ3v) is 2.99. The van der Waals surface area contributed by atoms with Crippen LogP contribution in [0, 0.1) is 0 Å². The summed E-state index contributed by atoms with van der Waals surface area (Å²) in [5.41, 5.74) is 1.97. The van der Waals surface area contributed by atoms with Gasteiger partial charge in [0.15, 0.2) is 12.2 Å². The van der Waals surface area contributed by atoms with Crippen LogP contribution >= 0.6 is 15.9 Å². The molecule has 0 spiro atoms. The SMILES string of the molecule is CCNCc1ncoc1-c1ccccc1Br. The first-order valence-electron chi connectivity index (χ1n) is 5.21. The monoisotopic (exact) mass is 280 g/mol. The third-order valence-electron chi connectivity index (χ3n) is 2.30. The quantitative estimate of drug-likeness (QED) is 0.935. The highest BCUT2D eigenvalue weighted by Crippen LogP contribution is 2.30. The number of aromatic nitrogens is 1. The van der Waals surface area contributed by atoms with Gasteiger partial charge in [0.05, 0.1) is 0 Å². The molecule has 2 rings (SSSR count). The van der Waals surface area contributed by atoms with Crippen LogP contribution in [-0.2, 0) is 6.54 Å². The fourth-order valence-corrected chi connectivity index (χ4v) is 1.97. The number of halogens is 1. The zero-order valence-electron chi connectivity index (χ0n) is 9.03. The second kappa shape index (κ2) is 5.27. The summed E-state index contributed by atoms with van der Waals surface area (Å²) in [7, 11) is 0. The smallest absolute Gasteiger partial charge is 0.181 e. The molecule has 1 heterocycles. The van der Waals surface area contributed by atoms with Crippen LogP contribution in [0.3, 0.4) is 0 Å². The molecule has 0 atom stereocenters. The van der Waals surface area contributed by atoms with Crippen molar-refractivity contribution >= 4 is 15.9 Å². The number of benzene rings is 1. The number of nitrogens with one attached hydrogen (secondary N) is 1. The van der Waals surface area contributed by atoms with Crippen LogP contribution in [-0.4, -0.2) is 11.5 Å². The van der Waals surface area contributed by atoms with Crippen molar-refractivity contribution in [1.29, 1.82) is 0 Å². The van der Waals surface area contributed by atoms with Crippen LogP contribution in [0.4, 0.5) is 0 Å². The van der Waals surface area contributed by atoms with Gasteiger partial charge in [-0.05, 0) is 12.6 Å². The summed E-state index contributed by atoms with van der Waals surface area (Å²) in [5.74, 6) is 0.827. The first-order chi connectivity index (χ1) is 7.83. The van der Waals surface area contributed by atoms with Gasteiger partial charge in [0.1, 0.15) is 5.69 Å². The van der Waals surface area contributed by atoms with Crippen molar-refractivity contribution < 1.29 is 4.42 Å². The van der Waals surface area contributed by atoms with Gasteiger partial charge in [0.25, 0.3) is 0 Å². The van der Waals surface area contributed by atoms with Gasteiger partial charge in [-0.3, -0.25) is 0 Å². The molecule has 1 aromatic heterocycles. The van der Waals surface area contributed by atoms with Crippen LogP contribution in [0.5, 0.6) is 0 Å². The maximum Gasteiger partial charge on any atom is 0.181 e. The van der Waals surface area contributed by atoms with Crippen molar-refractivity contribution in [2.45, 2.75) is 13.5 Å². The van der Waals surface area contributed by atoms with Gasteiger partial charge in [-0.15, -0.1) is 0 Å². The zero-order chi connectivity index (χ0) is 11.4. The van der Waals surface area contributed by atoms with E-state index in [4.69, 9.17) is 4.42 Å². The molecule has 0 fully saturated rings. The Hall–Kier alpha value is -1.13. The predicted octanol–water partition coefficient (Wildman–Crippen LogP) is 3.21. The minimum Gasteiger partial charge on any atom is -0.443 e. The molecular formula is C12H13BrN2O. The number of nitrogens with zero attached hydrogens (tertiary/aromatic N) is 1. The normalized spacial score (nSPS) is 10.6. The Morgan fingerprint density at radius 1 is 1.38 bits per heavy atom. The molecule has 16 heavy (non-hydrogen) atoms. The highest BCUT2D eigenvalue weighted by Gasteiger charge is 2.12. The molecule has 0 amide bonds. The Kier molecular flexibility index (Phi) is 3.74. The van der Waals surface area contributed by atoms with E-state index in [1.54, 1.807) is 0 Å². The Morgan fingerprint density at radius 3 is 2.94 bits per heavy atom. The van der Waals surface area contributed by atoms with E-state index >= 15 is 0 Å². The number of hydrogen-bond donors (Lipinski definition) is 1. The third kappa shape index (κ3) is 2.33. The van der Waals surface area contributed by atoms with E-state index in [0.29, 0.717) is 0 Å². The van der Waals surface area contributed by atoms with E-state index < -0.39 is 0 Å². The summed E-state index contributed by atoms with van der Waals surface area (Å²) >= 11 is 3.51. The molecule has 0 bridgehead atoms. The number of rotatable bonds is 4. The van der Waals surface area contributed by atoms with Crippen LogP contribution in [0.25, 0.3) is 11.3 Å². The van der Waals surface area contributed by atoms with Gasteiger partial charge in [0.2, 0.25) is 0 Å². The molecule has 2 aromatic rings. The fraction of sp³-hybridized carbons (Fsp3) is 0.250. The molecule has 0 aliphatic heterocycles.